The van der Waals surface area contributed by atoms with Crippen LogP contribution in [0.25, 0.3) is 0 Å². The Balaban J connectivity index is 2.33. The van der Waals surface area contributed by atoms with Gasteiger partial charge in [0.2, 0.25) is 0 Å². The topological polar surface area (TPSA) is 38.3 Å². The second kappa shape index (κ2) is 7.17. The third kappa shape index (κ3) is 5.59. The molecule has 1 aromatic carbocycles. The molecule has 17 heavy (non-hydrogen) atoms. The molecule has 0 aromatic heterocycles. The summed E-state index contributed by atoms with van der Waals surface area (Å²) in [5.74, 6) is -0.245. The first-order valence-electron chi connectivity index (χ1n) is 5.80. The number of nitrogens with one attached hydrogen (secondary N) is 1. The number of anilines is 1. The van der Waals surface area contributed by atoms with Gasteiger partial charge in [0, 0.05) is 10.7 Å². The van der Waals surface area contributed by atoms with Crippen molar-refractivity contribution in [3.8, 4) is 0 Å². The van der Waals surface area contributed by atoms with Crippen molar-refractivity contribution in [3.05, 3.63) is 29.3 Å². The number of rotatable bonds is 6. The van der Waals surface area contributed by atoms with E-state index < -0.39 is 0 Å². The minimum atomic E-state index is -0.245. The molecule has 1 atom stereocenters. The first-order valence-corrected chi connectivity index (χ1v) is 6.18. The molecule has 0 radical (unpaired) electrons. The van der Waals surface area contributed by atoms with Crippen molar-refractivity contribution in [2.75, 3.05) is 11.9 Å². The number of carbonyl (C=O) groups excluding carboxylic acids is 1. The Kier molecular flexibility index (Phi) is 5.84. The van der Waals surface area contributed by atoms with Gasteiger partial charge in [-0.1, -0.05) is 31.0 Å². The van der Waals surface area contributed by atoms with Crippen molar-refractivity contribution in [3.63, 3.8) is 0 Å². The van der Waals surface area contributed by atoms with Crippen LogP contribution in [0.1, 0.15) is 26.7 Å². The molecule has 1 aromatic rings. The van der Waals surface area contributed by atoms with E-state index in [2.05, 4.69) is 12.2 Å². The predicted molar refractivity (Wildman–Crippen MR) is 70.4 cm³/mol. The van der Waals surface area contributed by atoms with Crippen molar-refractivity contribution >= 4 is 23.3 Å². The molecule has 94 valence electrons. The van der Waals surface area contributed by atoms with Gasteiger partial charge in [0.15, 0.2) is 0 Å². The maximum absolute atomic E-state index is 11.5. The van der Waals surface area contributed by atoms with Gasteiger partial charge in [-0.3, -0.25) is 4.79 Å². The molecule has 1 N–H and O–H groups in total. The van der Waals surface area contributed by atoms with Crippen molar-refractivity contribution in [1.29, 1.82) is 0 Å². The lowest BCUT2D eigenvalue weighted by Crippen LogP contribution is -2.21. The molecule has 0 aliphatic rings. The molecule has 1 unspecified atom stereocenters. The van der Waals surface area contributed by atoms with E-state index >= 15 is 0 Å². The summed E-state index contributed by atoms with van der Waals surface area (Å²) in [6.45, 7) is 4.13. The predicted octanol–water partition coefficient (Wildman–Crippen LogP) is 3.48. The molecular formula is C13H18ClNO2. The van der Waals surface area contributed by atoms with Crippen LogP contribution in [0.15, 0.2) is 24.3 Å². The third-order valence-electron chi connectivity index (χ3n) is 2.29. The Morgan fingerprint density at radius 1 is 1.53 bits per heavy atom. The van der Waals surface area contributed by atoms with Crippen LogP contribution in [0.5, 0.6) is 0 Å². The highest BCUT2D eigenvalue weighted by molar-refractivity contribution is 6.30. The van der Waals surface area contributed by atoms with E-state index in [0.29, 0.717) is 5.02 Å². The highest BCUT2D eigenvalue weighted by Crippen LogP contribution is 2.14. The highest BCUT2D eigenvalue weighted by Gasteiger charge is 2.08. The lowest BCUT2D eigenvalue weighted by atomic mass is 10.2. The Hall–Kier alpha value is -1.22. The summed E-state index contributed by atoms with van der Waals surface area (Å²) in [5.41, 5.74) is 0.817. The summed E-state index contributed by atoms with van der Waals surface area (Å²) >= 11 is 5.83. The van der Waals surface area contributed by atoms with Gasteiger partial charge in [-0.15, -0.1) is 0 Å². The van der Waals surface area contributed by atoms with E-state index in [9.17, 15) is 4.79 Å². The molecule has 0 saturated carbocycles. The summed E-state index contributed by atoms with van der Waals surface area (Å²) in [4.78, 5) is 11.5. The molecule has 1 rings (SSSR count). The Morgan fingerprint density at radius 2 is 2.29 bits per heavy atom. The molecule has 4 heteroatoms. The Bertz CT molecular complexity index is 368. The van der Waals surface area contributed by atoms with Gasteiger partial charge in [-0.05, 0) is 31.5 Å². The number of halogens is 1. The molecule has 0 fully saturated rings. The number of esters is 1. The average molecular weight is 256 g/mol. The molecule has 0 heterocycles. The average Bonchev–Trinajstić information content (AvgIpc) is 2.27. The number of ether oxygens (including phenoxy) is 1. The van der Waals surface area contributed by atoms with Gasteiger partial charge < -0.3 is 10.1 Å². The van der Waals surface area contributed by atoms with E-state index in [1.807, 2.05) is 19.1 Å². The molecule has 0 saturated heterocycles. The maximum atomic E-state index is 11.5. The zero-order chi connectivity index (χ0) is 12.7. The Morgan fingerprint density at radius 3 is 2.94 bits per heavy atom. The largest absolute Gasteiger partial charge is 0.461 e. The fraction of sp³-hybridized carbons (Fsp3) is 0.462. The van der Waals surface area contributed by atoms with Crippen molar-refractivity contribution < 1.29 is 9.53 Å². The first-order chi connectivity index (χ1) is 8.11. The van der Waals surface area contributed by atoms with Crippen LogP contribution in [0, 0.1) is 0 Å². The molecule has 0 bridgehead atoms. The van der Waals surface area contributed by atoms with Crippen LogP contribution in [-0.4, -0.2) is 18.6 Å². The third-order valence-corrected chi connectivity index (χ3v) is 2.52. The molecule has 0 aliphatic carbocycles. The van der Waals surface area contributed by atoms with Gasteiger partial charge in [-0.2, -0.15) is 0 Å². The quantitative estimate of drug-likeness (QED) is 0.791. The first kappa shape index (κ1) is 13.8. The lowest BCUT2D eigenvalue weighted by molar-refractivity contribution is -0.146. The van der Waals surface area contributed by atoms with Gasteiger partial charge in [0.25, 0.3) is 0 Å². The number of hydrogen-bond donors (Lipinski definition) is 1. The maximum Gasteiger partial charge on any atom is 0.325 e. The summed E-state index contributed by atoms with van der Waals surface area (Å²) in [6, 6.07) is 7.24. The van der Waals surface area contributed by atoms with Crippen molar-refractivity contribution in [1.82, 2.24) is 0 Å². The van der Waals surface area contributed by atoms with Gasteiger partial charge in [0.1, 0.15) is 6.54 Å². The minimum absolute atomic E-state index is 0.0198. The van der Waals surface area contributed by atoms with Crippen molar-refractivity contribution in [2.24, 2.45) is 0 Å². The summed E-state index contributed by atoms with van der Waals surface area (Å²) < 4.78 is 5.21. The van der Waals surface area contributed by atoms with Gasteiger partial charge >= 0.3 is 5.97 Å². The molecule has 0 amide bonds. The summed E-state index contributed by atoms with van der Waals surface area (Å²) in [6.07, 6.45) is 1.88. The normalized spacial score (nSPS) is 11.9. The van der Waals surface area contributed by atoms with Crippen LogP contribution >= 0.6 is 11.6 Å². The summed E-state index contributed by atoms with van der Waals surface area (Å²) in [5, 5.41) is 3.62. The van der Waals surface area contributed by atoms with Gasteiger partial charge in [0.05, 0.1) is 6.10 Å². The van der Waals surface area contributed by atoms with E-state index in [-0.39, 0.29) is 18.6 Å². The second-order valence-corrected chi connectivity index (χ2v) is 4.39. The second-order valence-electron chi connectivity index (χ2n) is 3.95. The van der Waals surface area contributed by atoms with Crippen LogP contribution in [0.3, 0.4) is 0 Å². The van der Waals surface area contributed by atoms with E-state index in [1.54, 1.807) is 12.1 Å². The zero-order valence-electron chi connectivity index (χ0n) is 10.2. The van der Waals surface area contributed by atoms with Crippen molar-refractivity contribution in [2.45, 2.75) is 32.8 Å². The smallest absolute Gasteiger partial charge is 0.325 e. The lowest BCUT2D eigenvalue weighted by Gasteiger charge is -2.12. The SMILES string of the molecule is CCCC(C)OC(=O)CNc1cccc(Cl)c1. The number of benzene rings is 1. The molecule has 0 spiro atoms. The minimum Gasteiger partial charge on any atom is -0.461 e. The Labute approximate surface area is 107 Å². The number of carbonyl (C=O) groups is 1. The molecule has 0 aliphatic heterocycles. The number of hydrogen-bond acceptors (Lipinski definition) is 3. The zero-order valence-corrected chi connectivity index (χ0v) is 11.0. The monoisotopic (exact) mass is 255 g/mol. The molecular weight excluding hydrogens is 238 g/mol. The standard InChI is InChI=1S/C13H18ClNO2/c1-3-5-10(2)17-13(16)9-15-12-7-4-6-11(14)8-12/h4,6-8,10,15H,3,5,9H2,1-2H3. The highest BCUT2D eigenvalue weighted by atomic mass is 35.5. The van der Waals surface area contributed by atoms with Crippen LogP contribution in [0.4, 0.5) is 5.69 Å². The summed E-state index contributed by atoms with van der Waals surface area (Å²) in [7, 11) is 0. The van der Waals surface area contributed by atoms with Crippen LogP contribution in [-0.2, 0) is 9.53 Å². The fourth-order valence-corrected chi connectivity index (χ4v) is 1.69. The van der Waals surface area contributed by atoms with Crippen LogP contribution in [0.2, 0.25) is 5.02 Å². The fourth-order valence-electron chi connectivity index (χ4n) is 1.50. The van der Waals surface area contributed by atoms with Crippen LogP contribution < -0.4 is 5.32 Å². The van der Waals surface area contributed by atoms with E-state index in [4.69, 9.17) is 16.3 Å². The van der Waals surface area contributed by atoms with E-state index in [1.165, 1.54) is 0 Å². The van der Waals surface area contributed by atoms with Gasteiger partial charge in [-0.25, -0.2) is 0 Å². The van der Waals surface area contributed by atoms with E-state index in [0.717, 1.165) is 18.5 Å². The molecule has 3 nitrogen and oxygen atoms in total.